The number of hydrogen-bond acceptors (Lipinski definition) is 5. The van der Waals surface area contributed by atoms with E-state index in [4.69, 9.17) is 0 Å². The van der Waals surface area contributed by atoms with E-state index >= 15 is 0 Å². The zero-order chi connectivity index (χ0) is 15.2. The van der Waals surface area contributed by atoms with Crippen molar-refractivity contribution in [3.05, 3.63) is 39.6 Å². The van der Waals surface area contributed by atoms with Crippen LogP contribution in [0.1, 0.15) is 40.1 Å². The lowest BCUT2D eigenvalue weighted by Gasteiger charge is -2.11. The zero-order valence-electron chi connectivity index (χ0n) is 12.6. The smallest absolute Gasteiger partial charge is 0.255 e. The normalized spacial score (nSPS) is 10.4. The van der Waals surface area contributed by atoms with Gasteiger partial charge in [0.2, 0.25) is 0 Å². The fourth-order valence-corrected chi connectivity index (χ4v) is 2.59. The van der Waals surface area contributed by atoms with Crippen LogP contribution in [-0.4, -0.2) is 22.4 Å². The van der Waals surface area contributed by atoms with Gasteiger partial charge in [-0.3, -0.25) is 9.78 Å². The summed E-state index contributed by atoms with van der Waals surface area (Å²) in [4.78, 5) is 20.9. The third-order valence-corrected chi connectivity index (χ3v) is 3.88. The van der Waals surface area contributed by atoms with Crippen molar-refractivity contribution < 1.29 is 4.79 Å². The average molecular weight is 304 g/mol. The van der Waals surface area contributed by atoms with Crippen LogP contribution in [0.4, 0.5) is 5.69 Å². The summed E-state index contributed by atoms with van der Waals surface area (Å²) >= 11 is 1.55. The highest BCUT2D eigenvalue weighted by Gasteiger charge is 2.12. The number of carbonyl (C=O) groups excluding carboxylic acids is 1. The molecule has 0 aliphatic carbocycles. The lowest BCUT2D eigenvalue weighted by Crippen LogP contribution is -2.24. The molecule has 0 saturated heterocycles. The molecule has 2 aromatic heterocycles. The largest absolute Gasteiger partial charge is 0.384 e. The summed E-state index contributed by atoms with van der Waals surface area (Å²) in [7, 11) is 0. The van der Waals surface area contributed by atoms with Crippen LogP contribution in [-0.2, 0) is 6.54 Å². The second kappa shape index (κ2) is 7.17. The molecule has 0 radical (unpaired) electrons. The van der Waals surface area contributed by atoms with E-state index in [2.05, 4.69) is 27.5 Å². The Morgan fingerprint density at radius 1 is 1.33 bits per heavy atom. The molecule has 5 nitrogen and oxygen atoms in total. The molecule has 1 amide bonds. The monoisotopic (exact) mass is 304 g/mol. The van der Waals surface area contributed by atoms with Crippen LogP contribution in [0.3, 0.4) is 0 Å². The van der Waals surface area contributed by atoms with Gasteiger partial charge in [0.25, 0.3) is 5.91 Å². The average Bonchev–Trinajstić information content (AvgIpc) is 2.88. The summed E-state index contributed by atoms with van der Waals surface area (Å²) in [5.74, 6) is -0.131. The Bertz CT molecular complexity index is 624. The number of thiazole rings is 1. The molecule has 2 heterocycles. The van der Waals surface area contributed by atoms with Crippen LogP contribution < -0.4 is 10.6 Å². The van der Waals surface area contributed by atoms with E-state index < -0.39 is 0 Å². The Morgan fingerprint density at radius 2 is 2.14 bits per heavy atom. The maximum absolute atomic E-state index is 12.3. The van der Waals surface area contributed by atoms with E-state index in [-0.39, 0.29) is 5.91 Å². The molecule has 2 aromatic rings. The second-order valence-electron chi connectivity index (χ2n) is 4.86. The Kier molecular flexibility index (Phi) is 5.27. The predicted octanol–water partition coefficient (Wildman–Crippen LogP) is 2.91. The Balaban J connectivity index is 2.07. The molecule has 21 heavy (non-hydrogen) atoms. The van der Waals surface area contributed by atoms with E-state index in [0.717, 1.165) is 35.0 Å². The van der Waals surface area contributed by atoms with Gasteiger partial charge in [-0.1, -0.05) is 6.92 Å². The van der Waals surface area contributed by atoms with Crippen LogP contribution >= 0.6 is 11.3 Å². The van der Waals surface area contributed by atoms with Gasteiger partial charge >= 0.3 is 0 Å². The van der Waals surface area contributed by atoms with E-state index in [1.807, 2.05) is 25.3 Å². The quantitative estimate of drug-likeness (QED) is 0.861. The summed E-state index contributed by atoms with van der Waals surface area (Å²) in [6, 6.07) is 1.90. The minimum Gasteiger partial charge on any atom is -0.384 e. The zero-order valence-corrected chi connectivity index (χ0v) is 13.4. The number of rotatable bonds is 6. The SMILES string of the molecule is CCCNc1cc(C)ncc1C(=O)NCc1nc(C)cs1. The number of carbonyl (C=O) groups is 1. The molecule has 6 heteroatoms. The van der Waals surface area contributed by atoms with Crippen molar-refractivity contribution in [1.29, 1.82) is 0 Å². The van der Waals surface area contributed by atoms with Crippen molar-refractivity contribution in [3.63, 3.8) is 0 Å². The molecule has 0 fully saturated rings. The number of aromatic nitrogens is 2. The van der Waals surface area contributed by atoms with Crippen molar-refractivity contribution in [1.82, 2.24) is 15.3 Å². The summed E-state index contributed by atoms with van der Waals surface area (Å²) in [6.45, 7) is 7.22. The van der Waals surface area contributed by atoms with E-state index in [1.165, 1.54) is 0 Å². The van der Waals surface area contributed by atoms with Gasteiger partial charge in [0.1, 0.15) is 5.01 Å². The first-order chi connectivity index (χ1) is 10.1. The van der Waals surface area contributed by atoms with Gasteiger partial charge in [-0.2, -0.15) is 0 Å². The van der Waals surface area contributed by atoms with Crippen LogP contribution in [0, 0.1) is 13.8 Å². The highest BCUT2D eigenvalue weighted by atomic mass is 32.1. The maximum Gasteiger partial charge on any atom is 0.255 e. The van der Waals surface area contributed by atoms with Gasteiger partial charge in [-0.15, -0.1) is 11.3 Å². The minimum atomic E-state index is -0.131. The summed E-state index contributed by atoms with van der Waals surface area (Å²) in [6.07, 6.45) is 2.62. The molecule has 0 aliphatic heterocycles. The molecule has 0 aromatic carbocycles. The topological polar surface area (TPSA) is 66.9 Å². The first-order valence-corrected chi connectivity index (χ1v) is 7.88. The number of pyridine rings is 1. The standard InChI is InChI=1S/C15H20N4OS/c1-4-5-16-13-6-10(2)17-7-12(13)15(20)18-8-14-19-11(3)9-21-14/h6-7,9H,4-5,8H2,1-3H3,(H,16,17)(H,18,20). The molecule has 2 rings (SSSR count). The fraction of sp³-hybridized carbons (Fsp3) is 0.400. The van der Waals surface area contributed by atoms with Crippen molar-refractivity contribution in [2.24, 2.45) is 0 Å². The number of hydrogen-bond donors (Lipinski definition) is 2. The molecule has 112 valence electrons. The van der Waals surface area contributed by atoms with Gasteiger partial charge in [-0.05, 0) is 26.3 Å². The predicted molar refractivity (Wildman–Crippen MR) is 85.8 cm³/mol. The highest BCUT2D eigenvalue weighted by Crippen LogP contribution is 2.16. The molecule has 0 saturated carbocycles. The van der Waals surface area contributed by atoms with Crippen molar-refractivity contribution in [2.45, 2.75) is 33.7 Å². The number of aryl methyl sites for hydroxylation is 2. The number of anilines is 1. The van der Waals surface area contributed by atoms with Gasteiger partial charge in [0.15, 0.2) is 0 Å². The van der Waals surface area contributed by atoms with Crippen LogP contribution in [0.2, 0.25) is 0 Å². The Morgan fingerprint density at radius 3 is 2.81 bits per heavy atom. The Labute approximate surface area is 128 Å². The molecule has 0 bridgehead atoms. The first kappa shape index (κ1) is 15.4. The lowest BCUT2D eigenvalue weighted by molar-refractivity contribution is 0.0951. The first-order valence-electron chi connectivity index (χ1n) is 7.00. The lowest BCUT2D eigenvalue weighted by atomic mass is 10.2. The third-order valence-electron chi connectivity index (χ3n) is 2.92. The maximum atomic E-state index is 12.3. The fourth-order valence-electron chi connectivity index (χ4n) is 1.88. The molecule has 0 atom stereocenters. The molecule has 2 N–H and O–H groups in total. The summed E-state index contributed by atoms with van der Waals surface area (Å²) < 4.78 is 0. The number of nitrogens with zero attached hydrogens (tertiary/aromatic N) is 2. The van der Waals surface area contributed by atoms with Crippen LogP contribution in [0.15, 0.2) is 17.6 Å². The number of nitrogens with one attached hydrogen (secondary N) is 2. The van der Waals surface area contributed by atoms with E-state index in [9.17, 15) is 4.79 Å². The molecule has 0 aliphatic rings. The van der Waals surface area contributed by atoms with Gasteiger partial charge in [-0.25, -0.2) is 4.98 Å². The van der Waals surface area contributed by atoms with Crippen LogP contribution in [0.25, 0.3) is 0 Å². The van der Waals surface area contributed by atoms with Crippen LogP contribution in [0.5, 0.6) is 0 Å². The molecule has 0 unspecified atom stereocenters. The summed E-state index contributed by atoms with van der Waals surface area (Å²) in [5, 5.41) is 9.05. The molecular weight excluding hydrogens is 284 g/mol. The summed E-state index contributed by atoms with van der Waals surface area (Å²) in [5.41, 5.74) is 3.27. The Hall–Kier alpha value is -1.95. The van der Waals surface area contributed by atoms with Crippen molar-refractivity contribution in [3.8, 4) is 0 Å². The minimum absolute atomic E-state index is 0.131. The van der Waals surface area contributed by atoms with Crippen molar-refractivity contribution >= 4 is 22.9 Å². The van der Waals surface area contributed by atoms with E-state index in [0.29, 0.717) is 12.1 Å². The van der Waals surface area contributed by atoms with Crippen molar-refractivity contribution in [2.75, 3.05) is 11.9 Å². The van der Waals surface area contributed by atoms with Gasteiger partial charge < -0.3 is 10.6 Å². The third kappa shape index (κ3) is 4.26. The highest BCUT2D eigenvalue weighted by molar-refractivity contribution is 7.09. The second-order valence-corrected chi connectivity index (χ2v) is 5.81. The molecular formula is C15H20N4OS. The van der Waals surface area contributed by atoms with E-state index in [1.54, 1.807) is 17.5 Å². The number of amides is 1. The van der Waals surface area contributed by atoms with Gasteiger partial charge in [0, 0.05) is 29.5 Å². The molecule has 0 spiro atoms. The van der Waals surface area contributed by atoms with Gasteiger partial charge in [0.05, 0.1) is 17.8 Å².